The van der Waals surface area contributed by atoms with Crippen molar-refractivity contribution in [1.82, 2.24) is 10.1 Å². The molecule has 0 radical (unpaired) electrons. The van der Waals surface area contributed by atoms with Crippen LogP contribution in [0.5, 0.6) is 0 Å². The van der Waals surface area contributed by atoms with Gasteiger partial charge in [0.2, 0.25) is 0 Å². The average Bonchev–Trinajstić information content (AvgIpc) is 3.10. The van der Waals surface area contributed by atoms with E-state index in [4.69, 9.17) is 10.3 Å². The van der Waals surface area contributed by atoms with E-state index in [9.17, 15) is 4.39 Å². The van der Waals surface area contributed by atoms with Gasteiger partial charge < -0.3 is 10.3 Å². The molecule has 0 amide bonds. The van der Waals surface area contributed by atoms with Gasteiger partial charge in [-0.15, -0.1) is 0 Å². The van der Waals surface area contributed by atoms with Crippen LogP contribution < -0.4 is 5.73 Å². The standard InChI is InChI=1S/C15H15BrFN3O/c16-11-4-5-12(17)10(9-11)3-6-13-19-14(20-21-13)15(18)7-1-2-8-15/h3-6,9H,1-2,7-8,18H2/b6-3+. The highest BCUT2D eigenvalue weighted by Crippen LogP contribution is 2.34. The maximum atomic E-state index is 13.6. The average molecular weight is 352 g/mol. The predicted molar refractivity (Wildman–Crippen MR) is 81.7 cm³/mol. The Balaban J connectivity index is 1.81. The topological polar surface area (TPSA) is 64.9 Å². The van der Waals surface area contributed by atoms with Crippen LogP contribution in [0.2, 0.25) is 0 Å². The second-order valence-electron chi connectivity index (χ2n) is 5.32. The number of hydrogen-bond donors (Lipinski definition) is 1. The summed E-state index contributed by atoms with van der Waals surface area (Å²) in [5, 5.41) is 3.96. The Morgan fingerprint density at radius 2 is 2.05 bits per heavy atom. The minimum Gasteiger partial charge on any atom is -0.335 e. The third kappa shape index (κ3) is 3.06. The molecule has 1 heterocycles. The lowest BCUT2D eigenvalue weighted by Crippen LogP contribution is -2.34. The maximum absolute atomic E-state index is 13.6. The van der Waals surface area contributed by atoms with Crippen molar-refractivity contribution in [1.29, 1.82) is 0 Å². The molecule has 0 spiro atoms. The monoisotopic (exact) mass is 351 g/mol. The van der Waals surface area contributed by atoms with Crippen LogP contribution >= 0.6 is 15.9 Å². The summed E-state index contributed by atoms with van der Waals surface area (Å²) >= 11 is 3.31. The Morgan fingerprint density at radius 1 is 1.29 bits per heavy atom. The summed E-state index contributed by atoms with van der Waals surface area (Å²) < 4.78 is 19.6. The summed E-state index contributed by atoms with van der Waals surface area (Å²) in [5.41, 5.74) is 6.25. The van der Waals surface area contributed by atoms with Crippen molar-refractivity contribution < 1.29 is 8.91 Å². The molecule has 21 heavy (non-hydrogen) atoms. The first-order chi connectivity index (χ1) is 10.1. The van der Waals surface area contributed by atoms with Crippen molar-refractivity contribution >= 4 is 28.1 Å². The molecule has 1 aromatic heterocycles. The van der Waals surface area contributed by atoms with Crippen LogP contribution in [-0.4, -0.2) is 10.1 Å². The smallest absolute Gasteiger partial charge is 0.250 e. The van der Waals surface area contributed by atoms with E-state index in [0.717, 1.165) is 30.2 Å². The zero-order chi connectivity index (χ0) is 14.9. The van der Waals surface area contributed by atoms with Gasteiger partial charge in [0.15, 0.2) is 5.82 Å². The van der Waals surface area contributed by atoms with E-state index >= 15 is 0 Å². The van der Waals surface area contributed by atoms with Gasteiger partial charge in [0.05, 0.1) is 5.54 Å². The molecule has 0 unspecified atom stereocenters. The van der Waals surface area contributed by atoms with Gasteiger partial charge in [-0.3, -0.25) is 0 Å². The van der Waals surface area contributed by atoms with E-state index in [0.29, 0.717) is 17.3 Å². The van der Waals surface area contributed by atoms with Gasteiger partial charge in [0.25, 0.3) is 5.89 Å². The van der Waals surface area contributed by atoms with E-state index in [1.54, 1.807) is 24.3 Å². The first kappa shape index (κ1) is 14.4. The van der Waals surface area contributed by atoms with E-state index in [2.05, 4.69) is 26.1 Å². The summed E-state index contributed by atoms with van der Waals surface area (Å²) in [6.45, 7) is 0. The third-order valence-electron chi connectivity index (χ3n) is 3.75. The predicted octanol–water partition coefficient (Wildman–Crippen LogP) is 3.87. The molecule has 1 aromatic carbocycles. The second kappa shape index (κ2) is 5.69. The fraction of sp³-hybridized carbons (Fsp3) is 0.333. The number of nitrogens with zero attached hydrogens (tertiary/aromatic N) is 2. The molecule has 1 aliphatic carbocycles. The number of aromatic nitrogens is 2. The van der Waals surface area contributed by atoms with Crippen molar-refractivity contribution in [3.63, 3.8) is 0 Å². The lowest BCUT2D eigenvalue weighted by atomic mass is 9.99. The van der Waals surface area contributed by atoms with Crippen LogP contribution in [0.1, 0.15) is 43.0 Å². The van der Waals surface area contributed by atoms with E-state index in [-0.39, 0.29) is 5.82 Å². The minimum absolute atomic E-state index is 0.305. The van der Waals surface area contributed by atoms with Crippen LogP contribution in [0.4, 0.5) is 4.39 Å². The Morgan fingerprint density at radius 3 is 2.81 bits per heavy atom. The quantitative estimate of drug-likeness (QED) is 0.911. The van der Waals surface area contributed by atoms with Crippen LogP contribution in [0.15, 0.2) is 27.2 Å². The first-order valence-electron chi connectivity index (χ1n) is 6.83. The zero-order valence-electron chi connectivity index (χ0n) is 11.4. The highest BCUT2D eigenvalue weighted by molar-refractivity contribution is 9.10. The van der Waals surface area contributed by atoms with Gasteiger partial charge in [0, 0.05) is 16.1 Å². The number of benzene rings is 1. The second-order valence-corrected chi connectivity index (χ2v) is 6.23. The summed E-state index contributed by atoms with van der Waals surface area (Å²) in [7, 11) is 0. The van der Waals surface area contributed by atoms with Crippen molar-refractivity contribution in [3.8, 4) is 0 Å². The molecular formula is C15H15BrFN3O. The van der Waals surface area contributed by atoms with Gasteiger partial charge in [-0.25, -0.2) is 4.39 Å². The van der Waals surface area contributed by atoms with Crippen molar-refractivity contribution in [3.05, 3.63) is 45.8 Å². The number of rotatable bonds is 3. The van der Waals surface area contributed by atoms with Gasteiger partial charge in [-0.05, 0) is 37.1 Å². The maximum Gasteiger partial charge on any atom is 0.250 e. The molecule has 1 aliphatic rings. The van der Waals surface area contributed by atoms with Gasteiger partial charge in [-0.2, -0.15) is 4.98 Å². The lowest BCUT2D eigenvalue weighted by molar-refractivity contribution is 0.364. The molecule has 3 rings (SSSR count). The van der Waals surface area contributed by atoms with Crippen LogP contribution in [-0.2, 0) is 5.54 Å². The van der Waals surface area contributed by atoms with E-state index < -0.39 is 5.54 Å². The molecule has 0 saturated heterocycles. The number of nitrogens with two attached hydrogens (primary N) is 1. The molecule has 6 heteroatoms. The Bertz CT molecular complexity index is 677. The Hall–Kier alpha value is -1.53. The van der Waals surface area contributed by atoms with Crippen molar-refractivity contribution in [2.75, 3.05) is 0 Å². The molecule has 2 N–H and O–H groups in total. The van der Waals surface area contributed by atoms with Crippen LogP contribution in [0.3, 0.4) is 0 Å². The number of halogens is 2. The van der Waals surface area contributed by atoms with Crippen LogP contribution in [0, 0.1) is 5.82 Å². The SMILES string of the molecule is NC1(c2noc(/C=C/c3cc(Br)ccc3F)n2)CCCC1. The molecule has 0 aliphatic heterocycles. The Labute approximate surface area is 130 Å². The first-order valence-corrected chi connectivity index (χ1v) is 7.62. The van der Waals surface area contributed by atoms with E-state index in [1.165, 1.54) is 6.07 Å². The molecule has 110 valence electrons. The largest absolute Gasteiger partial charge is 0.335 e. The Kier molecular flexibility index (Phi) is 3.91. The fourth-order valence-electron chi connectivity index (χ4n) is 2.54. The molecular weight excluding hydrogens is 337 g/mol. The molecule has 2 aromatic rings. The lowest BCUT2D eigenvalue weighted by Gasteiger charge is -2.17. The molecule has 0 atom stereocenters. The van der Waals surface area contributed by atoms with E-state index in [1.807, 2.05) is 0 Å². The zero-order valence-corrected chi connectivity index (χ0v) is 12.9. The highest BCUT2D eigenvalue weighted by Gasteiger charge is 2.35. The highest BCUT2D eigenvalue weighted by atomic mass is 79.9. The van der Waals surface area contributed by atoms with Gasteiger partial charge in [-0.1, -0.05) is 33.9 Å². The molecule has 1 fully saturated rings. The normalized spacial score (nSPS) is 17.7. The van der Waals surface area contributed by atoms with Crippen molar-refractivity contribution in [2.45, 2.75) is 31.2 Å². The third-order valence-corrected chi connectivity index (χ3v) is 4.24. The summed E-state index contributed by atoms with van der Waals surface area (Å²) in [4.78, 5) is 4.31. The molecule has 0 bridgehead atoms. The van der Waals surface area contributed by atoms with Gasteiger partial charge >= 0.3 is 0 Å². The molecule has 1 saturated carbocycles. The van der Waals surface area contributed by atoms with Crippen molar-refractivity contribution in [2.24, 2.45) is 5.73 Å². The fourth-order valence-corrected chi connectivity index (χ4v) is 2.92. The number of hydrogen-bond acceptors (Lipinski definition) is 4. The van der Waals surface area contributed by atoms with Crippen LogP contribution in [0.25, 0.3) is 12.2 Å². The molecule has 4 nitrogen and oxygen atoms in total. The summed E-state index contributed by atoms with van der Waals surface area (Å²) in [5.74, 6) is 0.566. The minimum atomic E-state index is -0.476. The summed E-state index contributed by atoms with van der Waals surface area (Å²) in [6, 6.07) is 4.73. The van der Waals surface area contributed by atoms with Gasteiger partial charge in [0.1, 0.15) is 5.82 Å². The summed E-state index contributed by atoms with van der Waals surface area (Å²) in [6.07, 6.45) is 7.11.